The SMILES string of the molecule is COC(CC(=O)N1CCCC1C(OC)C(C)C(=O)NC(Cc1ccccc1)C(=O)O)C(c1ccccc1)N(C)C(=O)C(NC(=O)C(C)(C)N)C(C)C. The molecule has 0 spiro atoms. The maximum atomic E-state index is 14.2. The highest BCUT2D eigenvalue weighted by atomic mass is 16.5. The molecule has 7 atom stereocenters. The zero-order valence-electron chi connectivity index (χ0n) is 31.7. The summed E-state index contributed by atoms with van der Waals surface area (Å²) in [5, 5.41) is 15.3. The van der Waals surface area contributed by atoms with E-state index in [4.69, 9.17) is 15.2 Å². The summed E-state index contributed by atoms with van der Waals surface area (Å²) in [6.45, 7) is 8.91. The van der Waals surface area contributed by atoms with E-state index in [-0.39, 0.29) is 30.6 Å². The summed E-state index contributed by atoms with van der Waals surface area (Å²) < 4.78 is 11.8. The normalized spacial score (nSPS) is 18.1. The van der Waals surface area contributed by atoms with Crippen molar-refractivity contribution in [1.82, 2.24) is 20.4 Å². The number of rotatable bonds is 18. The van der Waals surface area contributed by atoms with Crippen molar-refractivity contribution in [2.45, 2.75) is 102 Å². The van der Waals surface area contributed by atoms with Crippen LogP contribution in [0.5, 0.6) is 0 Å². The number of likely N-dealkylation sites (tertiary alicyclic amines) is 1. The zero-order chi connectivity index (χ0) is 38.7. The maximum Gasteiger partial charge on any atom is 0.326 e. The molecule has 3 rings (SSSR count). The minimum atomic E-state index is -1.20. The first-order chi connectivity index (χ1) is 24.5. The van der Waals surface area contributed by atoms with E-state index < -0.39 is 65.6 Å². The molecule has 1 fully saturated rings. The molecule has 1 heterocycles. The molecule has 13 nitrogen and oxygen atoms in total. The number of carboxylic acid groups (broad SMARTS) is 1. The van der Waals surface area contributed by atoms with Crippen LogP contribution in [0.25, 0.3) is 0 Å². The summed E-state index contributed by atoms with van der Waals surface area (Å²) in [5.74, 6) is -3.74. The molecule has 0 bridgehead atoms. The lowest BCUT2D eigenvalue weighted by atomic mass is 9.93. The van der Waals surface area contributed by atoms with Crippen LogP contribution < -0.4 is 16.4 Å². The Kier molecular flexibility index (Phi) is 15.3. The van der Waals surface area contributed by atoms with Gasteiger partial charge in [0.15, 0.2) is 0 Å². The summed E-state index contributed by atoms with van der Waals surface area (Å²) in [6.07, 6.45) is -0.200. The molecule has 0 aliphatic carbocycles. The van der Waals surface area contributed by atoms with Gasteiger partial charge in [0.1, 0.15) is 12.1 Å². The van der Waals surface area contributed by atoms with Crippen molar-refractivity contribution in [2.75, 3.05) is 27.8 Å². The third kappa shape index (κ3) is 10.8. The van der Waals surface area contributed by atoms with Crippen molar-refractivity contribution in [3.8, 4) is 0 Å². The van der Waals surface area contributed by atoms with Crippen LogP contribution in [0.2, 0.25) is 0 Å². The summed E-state index contributed by atoms with van der Waals surface area (Å²) >= 11 is 0. The number of carboxylic acids is 1. The van der Waals surface area contributed by atoms with E-state index in [1.54, 1.807) is 44.9 Å². The lowest BCUT2D eigenvalue weighted by Crippen LogP contribution is -2.58. The van der Waals surface area contributed by atoms with Crippen LogP contribution in [-0.4, -0.2) is 108 Å². The number of nitrogens with one attached hydrogen (secondary N) is 2. The van der Waals surface area contributed by atoms with Crippen LogP contribution >= 0.6 is 0 Å². The second kappa shape index (κ2) is 19.0. The highest BCUT2D eigenvalue weighted by Gasteiger charge is 2.43. The van der Waals surface area contributed by atoms with Gasteiger partial charge in [0.2, 0.25) is 23.6 Å². The number of carbonyl (C=O) groups is 5. The van der Waals surface area contributed by atoms with Crippen LogP contribution in [0, 0.1) is 11.8 Å². The molecule has 52 heavy (non-hydrogen) atoms. The van der Waals surface area contributed by atoms with Gasteiger partial charge in [0.25, 0.3) is 0 Å². The van der Waals surface area contributed by atoms with E-state index in [0.29, 0.717) is 19.4 Å². The number of methoxy groups -OCH3 is 2. The second-order valence-electron chi connectivity index (χ2n) is 14.6. The van der Waals surface area contributed by atoms with Gasteiger partial charge >= 0.3 is 5.97 Å². The van der Waals surface area contributed by atoms with Crippen LogP contribution in [0.1, 0.15) is 71.0 Å². The first-order valence-electron chi connectivity index (χ1n) is 17.8. The van der Waals surface area contributed by atoms with Crippen molar-refractivity contribution in [2.24, 2.45) is 17.6 Å². The minimum Gasteiger partial charge on any atom is -0.480 e. The molecule has 1 aliphatic rings. The number of nitrogens with two attached hydrogens (primary N) is 1. The fourth-order valence-corrected chi connectivity index (χ4v) is 6.79. The Morgan fingerprint density at radius 1 is 0.962 bits per heavy atom. The predicted octanol–water partition coefficient (Wildman–Crippen LogP) is 2.92. The van der Waals surface area contributed by atoms with Crippen LogP contribution in [-0.2, 0) is 39.9 Å². The Balaban J connectivity index is 1.83. The smallest absolute Gasteiger partial charge is 0.326 e. The first kappa shape index (κ1) is 42.1. The zero-order valence-corrected chi connectivity index (χ0v) is 31.7. The number of carbonyl (C=O) groups excluding carboxylic acids is 4. The number of nitrogens with zero attached hydrogens (tertiary/aromatic N) is 2. The van der Waals surface area contributed by atoms with E-state index in [9.17, 15) is 29.1 Å². The summed E-state index contributed by atoms with van der Waals surface area (Å²) in [4.78, 5) is 69.9. The Morgan fingerprint density at radius 3 is 2.08 bits per heavy atom. The highest BCUT2D eigenvalue weighted by molar-refractivity contribution is 5.92. The summed E-state index contributed by atoms with van der Waals surface area (Å²) in [6, 6.07) is 15.1. The first-order valence-corrected chi connectivity index (χ1v) is 17.8. The van der Waals surface area contributed by atoms with Crippen molar-refractivity contribution >= 4 is 29.6 Å². The third-order valence-corrected chi connectivity index (χ3v) is 9.82. The number of hydrogen-bond donors (Lipinski definition) is 4. The number of hydrogen-bond acceptors (Lipinski definition) is 8. The average molecular weight is 724 g/mol. The fraction of sp³-hybridized carbons (Fsp3) is 0.564. The maximum absolute atomic E-state index is 14.2. The number of likely N-dealkylation sites (N-methyl/N-ethyl adjacent to an activating group) is 1. The minimum absolute atomic E-state index is 0.0894. The Morgan fingerprint density at radius 2 is 1.56 bits per heavy atom. The number of ether oxygens (including phenoxy) is 2. The average Bonchev–Trinajstić information content (AvgIpc) is 3.59. The van der Waals surface area contributed by atoms with Gasteiger partial charge in [-0.2, -0.15) is 0 Å². The molecule has 13 heteroatoms. The van der Waals surface area contributed by atoms with E-state index in [1.165, 1.54) is 19.1 Å². The molecule has 4 amide bonds. The molecule has 2 aromatic carbocycles. The summed E-state index contributed by atoms with van der Waals surface area (Å²) in [5.41, 5.74) is 6.34. The lowest BCUT2D eigenvalue weighted by Gasteiger charge is -2.39. The monoisotopic (exact) mass is 723 g/mol. The number of aliphatic carboxylic acids is 1. The van der Waals surface area contributed by atoms with Gasteiger partial charge < -0.3 is 40.7 Å². The van der Waals surface area contributed by atoms with Crippen molar-refractivity contribution in [3.05, 3.63) is 71.8 Å². The Hall–Kier alpha value is -4.33. The molecule has 286 valence electrons. The number of benzene rings is 2. The van der Waals surface area contributed by atoms with Gasteiger partial charge in [-0.1, -0.05) is 81.4 Å². The standard InChI is InChI=1S/C39H57N5O8/c1-24(2)32(42-38(50)39(4,5)40)36(47)43(6)33(27-18-13-10-14-19-27)30(51-7)23-31(45)44-21-15-20-29(44)34(52-8)25(3)35(46)41-28(37(48)49)22-26-16-11-9-12-17-26/h9-14,16-19,24-25,28-30,32-34H,15,20-23,40H2,1-8H3,(H,41,46)(H,42,50)(H,48,49). The second-order valence-corrected chi connectivity index (χ2v) is 14.6. The van der Waals surface area contributed by atoms with Crippen molar-refractivity contribution in [3.63, 3.8) is 0 Å². The third-order valence-electron chi connectivity index (χ3n) is 9.82. The topological polar surface area (TPSA) is 181 Å². The lowest BCUT2D eigenvalue weighted by molar-refractivity contribution is -0.147. The Bertz CT molecular complexity index is 1500. The molecular formula is C39H57N5O8. The molecule has 0 saturated carbocycles. The van der Waals surface area contributed by atoms with Crippen LogP contribution in [0.4, 0.5) is 0 Å². The largest absolute Gasteiger partial charge is 0.480 e. The van der Waals surface area contributed by atoms with Gasteiger partial charge in [-0.3, -0.25) is 19.2 Å². The van der Waals surface area contributed by atoms with Gasteiger partial charge in [0.05, 0.1) is 42.2 Å². The molecular weight excluding hydrogens is 666 g/mol. The van der Waals surface area contributed by atoms with Crippen molar-refractivity contribution in [1.29, 1.82) is 0 Å². The molecule has 0 aromatic heterocycles. The van der Waals surface area contributed by atoms with Crippen molar-refractivity contribution < 1.29 is 38.6 Å². The predicted molar refractivity (Wildman–Crippen MR) is 197 cm³/mol. The van der Waals surface area contributed by atoms with E-state index >= 15 is 0 Å². The van der Waals surface area contributed by atoms with Crippen LogP contribution in [0.15, 0.2) is 60.7 Å². The fourth-order valence-electron chi connectivity index (χ4n) is 6.79. The van der Waals surface area contributed by atoms with Gasteiger partial charge in [-0.05, 0) is 43.7 Å². The van der Waals surface area contributed by atoms with Gasteiger partial charge in [-0.15, -0.1) is 0 Å². The highest BCUT2D eigenvalue weighted by Crippen LogP contribution is 2.32. The molecule has 2 aromatic rings. The molecule has 1 aliphatic heterocycles. The van der Waals surface area contributed by atoms with E-state index in [0.717, 1.165) is 11.1 Å². The molecule has 1 saturated heterocycles. The number of amides is 4. The van der Waals surface area contributed by atoms with E-state index in [2.05, 4.69) is 10.6 Å². The Labute approximate surface area is 307 Å². The van der Waals surface area contributed by atoms with Gasteiger partial charge in [0, 0.05) is 34.2 Å². The van der Waals surface area contributed by atoms with Gasteiger partial charge in [-0.25, -0.2) is 4.79 Å². The molecule has 0 radical (unpaired) electrons. The summed E-state index contributed by atoms with van der Waals surface area (Å²) in [7, 11) is 4.60. The molecule has 7 unspecified atom stereocenters. The van der Waals surface area contributed by atoms with E-state index in [1.807, 2.05) is 62.4 Å². The van der Waals surface area contributed by atoms with Crippen LogP contribution in [0.3, 0.4) is 0 Å². The molecule has 5 N–H and O–H groups in total. The quantitative estimate of drug-likeness (QED) is 0.180.